The molecule has 2 atom stereocenters. The van der Waals surface area contributed by atoms with Crippen molar-refractivity contribution in [2.45, 2.75) is 53.0 Å². The summed E-state index contributed by atoms with van der Waals surface area (Å²) in [5.74, 6) is 0.707. The van der Waals surface area contributed by atoms with Gasteiger partial charge in [0.05, 0.1) is 0 Å². The van der Waals surface area contributed by atoms with E-state index in [0.29, 0.717) is 5.92 Å². The quantitative estimate of drug-likeness (QED) is 0.730. The van der Waals surface area contributed by atoms with Crippen molar-refractivity contribution >= 4 is 0 Å². The minimum absolute atomic E-state index is 0.252. The molecule has 0 aliphatic heterocycles. The van der Waals surface area contributed by atoms with E-state index in [-0.39, 0.29) is 6.04 Å². The van der Waals surface area contributed by atoms with E-state index in [2.05, 4.69) is 32.1 Å². The summed E-state index contributed by atoms with van der Waals surface area (Å²) in [5, 5.41) is 0. The molecule has 0 aromatic carbocycles. The summed E-state index contributed by atoms with van der Waals surface area (Å²) in [6, 6.07) is 0.252. The smallest absolute Gasteiger partial charge is 0.0262 e. The van der Waals surface area contributed by atoms with Crippen LogP contribution in [-0.2, 0) is 0 Å². The molecule has 0 aromatic heterocycles. The van der Waals surface area contributed by atoms with E-state index in [9.17, 15) is 0 Å². The van der Waals surface area contributed by atoms with Gasteiger partial charge in [-0.05, 0) is 24.3 Å². The summed E-state index contributed by atoms with van der Waals surface area (Å²) in [6.07, 6.45) is 10.1. The van der Waals surface area contributed by atoms with Gasteiger partial charge < -0.3 is 5.73 Å². The Balaban J connectivity index is 0.000000791. The van der Waals surface area contributed by atoms with Gasteiger partial charge in [-0.2, -0.15) is 0 Å². The molecule has 0 amide bonds. The maximum Gasteiger partial charge on any atom is 0.0262 e. The van der Waals surface area contributed by atoms with Crippen LogP contribution < -0.4 is 5.73 Å². The predicted octanol–water partition coefficient (Wildman–Crippen LogP) is 3.66. The van der Waals surface area contributed by atoms with Crippen LogP contribution in [0.1, 0.15) is 47.0 Å². The Kier molecular flexibility index (Phi) is 7.50. The number of allylic oxidation sites excluding steroid dienone is 2. The highest BCUT2D eigenvalue weighted by molar-refractivity contribution is 5.26. The molecule has 2 N–H and O–H groups in total. The Labute approximate surface area is 89.1 Å². The molecule has 2 unspecified atom stereocenters. The number of nitrogens with two attached hydrogens (primary N) is 1. The van der Waals surface area contributed by atoms with Gasteiger partial charge in [0.2, 0.25) is 0 Å². The van der Waals surface area contributed by atoms with Gasteiger partial charge in [0.1, 0.15) is 0 Å². The van der Waals surface area contributed by atoms with Gasteiger partial charge >= 0.3 is 0 Å². The highest BCUT2D eigenvalue weighted by Crippen LogP contribution is 2.21. The normalized spacial score (nSPS) is 22.1. The lowest BCUT2D eigenvalue weighted by Crippen LogP contribution is -2.18. The average molecular weight is 195 g/mol. The molecule has 0 saturated carbocycles. The molecule has 82 valence electrons. The Morgan fingerprint density at radius 3 is 2.57 bits per heavy atom. The van der Waals surface area contributed by atoms with Crippen molar-refractivity contribution in [1.82, 2.24) is 0 Å². The third-order valence-corrected chi connectivity index (χ3v) is 2.45. The van der Waals surface area contributed by atoms with Gasteiger partial charge in [-0.15, -0.1) is 0 Å². The molecular weight excluding hydrogens is 170 g/mol. The van der Waals surface area contributed by atoms with E-state index in [1.807, 2.05) is 13.8 Å². The van der Waals surface area contributed by atoms with E-state index in [1.54, 1.807) is 0 Å². The zero-order valence-electron chi connectivity index (χ0n) is 10.1. The summed E-state index contributed by atoms with van der Waals surface area (Å²) in [4.78, 5) is 0. The van der Waals surface area contributed by atoms with Crippen molar-refractivity contribution in [1.29, 1.82) is 0 Å². The van der Waals surface area contributed by atoms with Crippen LogP contribution in [0.3, 0.4) is 0 Å². The molecule has 0 aromatic rings. The minimum Gasteiger partial charge on any atom is -0.324 e. The first-order valence-electron chi connectivity index (χ1n) is 5.88. The molecule has 0 spiro atoms. The zero-order valence-corrected chi connectivity index (χ0v) is 10.1. The molecule has 0 fully saturated rings. The second-order valence-corrected chi connectivity index (χ2v) is 3.65. The summed E-state index contributed by atoms with van der Waals surface area (Å²) < 4.78 is 0. The highest BCUT2D eigenvalue weighted by atomic mass is 14.6. The Bertz CT molecular complexity index is 191. The monoisotopic (exact) mass is 195 g/mol. The molecule has 1 rings (SSSR count). The standard InChI is InChI=1S/C11H19N.C2H6/c1-3-4-9(2)10-5-7-11(12)8-6-10;1-2/h5-7,9,11H,3-4,8,12H2,1-2H3;1-2H3. The molecule has 1 nitrogen and oxygen atoms in total. The van der Waals surface area contributed by atoms with Gasteiger partial charge in [0.15, 0.2) is 0 Å². The van der Waals surface area contributed by atoms with Gasteiger partial charge in [0, 0.05) is 6.04 Å². The number of hydrogen-bond acceptors (Lipinski definition) is 1. The Hall–Kier alpha value is -0.560. The first-order valence-corrected chi connectivity index (χ1v) is 5.88. The van der Waals surface area contributed by atoms with Crippen molar-refractivity contribution < 1.29 is 0 Å². The van der Waals surface area contributed by atoms with Gasteiger partial charge in [-0.1, -0.05) is 52.3 Å². The second-order valence-electron chi connectivity index (χ2n) is 3.65. The van der Waals surface area contributed by atoms with Crippen molar-refractivity contribution in [3.8, 4) is 0 Å². The van der Waals surface area contributed by atoms with Gasteiger partial charge in [-0.25, -0.2) is 0 Å². The molecule has 1 aliphatic carbocycles. The summed E-state index contributed by atoms with van der Waals surface area (Å²) in [7, 11) is 0. The van der Waals surface area contributed by atoms with E-state index in [1.165, 1.54) is 18.4 Å². The number of rotatable bonds is 3. The molecule has 1 heteroatoms. The Morgan fingerprint density at radius 1 is 1.50 bits per heavy atom. The zero-order chi connectivity index (χ0) is 11.0. The van der Waals surface area contributed by atoms with Crippen LogP contribution in [0.5, 0.6) is 0 Å². The van der Waals surface area contributed by atoms with Crippen LogP contribution >= 0.6 is 0 Å². The largest absolute Gasteiger partial charge is 0.324 e. The van der Waals surface area contributed by atoms with Crippen LogP contribution in [0.15, 0.2) is 23.8 Å². The van der Waals surface area contributed by atoms with Crippen LogP contribution in [-0.4, -0.2) is 6.04 Å². The maximum atomic E-state index is 5.74. The van der Waals surface area contributed by atoms with Crippen LogP contribution in [0.2, 0.25) is 0 Å². The van der Waals surface area contributed by atoms with E-state index >= 15 is 0 Å². The molecule has 0 heterocycles. The first kappa shape index (κ1) is 13.4. The van der Waals surface area contributed by atoms with Crippen molar-refractivity contribution in [3.63, 3.8) is 0 Å². The van der Waals surface area contributed by atoms with Crippen LogP contribution in [0, 0.1) is 5.92 Å². The molecule has 14 heavy (non-hydrogen) atoms. The number of hydrogen-bond donors (Lipinski definition) is 1. The highest BCUT2D eigenvalue weighted by Gasteiger charge is 2.09. The lowest BCUT2D eigenvalue weighted by Gasteiger charge is -2.17. The van der Waals surface area contributed by atoms with Gasteiger partial charge in [-0.3, -0.25) is 0 Å². The van der Waals surface area contributed by atoms with Gasteiger partial charge in [0.25, 0.3) is 0 Å². The van der Waals surface area contributed by atoms with Crippen LogP contribution in [0.4, 0.5) is 0 Å². The summed E-state index contributed by atoms with van der Waals surface area (Å²) in [5.41, 5.74) is 7.21. The third-order valence-electron chi connectivity index (χ3n) is 2.45. The lowest BCUT2D eigenvalue weighted by atomic mass is 9.91. The summed E-state index contributed by atoms with van der Waals surface area (Å²) in [6.45, 7) is 8.52. The molecule has 1 aliphatic rings. The molecule has 0 radical (unpaired) electrons. The fourth-order valence-electron chi connectivity index (χ4n) is 1.62. The van der Waals surface area contributed by atoms with E-state index < -0.39 is 0 Å². The molecule has 0 bridgehead atoms. The predicted molar refractivity (Wildman–Crippen MR) is 65.2 cm³/mol. The first-order chi connectivity index (χ1) is 6.74. The van der Waals surface area contributed by atoms with E-state index in [0.717, 1.165) is 6.42 Å². The molecular formula is C13H25N. The lowest BCUT2D eigenvalue weighted by molar-refractivity contribution is 0.604. The van der Waals surface area contributed by atoms with E-state index in [4.69, 9.17) is 5.73 Å². The van der Waals surface area contributed by atoms with Crippen molar-refractivity contribution in [2.75, 3.05) is 0 Å². The Morgan fingerprint density at radius 2 is 2.14 bits per heavy atom. The third kappa shape index (κ3) is 4.61. The fourth-order valence-corrected chi connectivity index (χ4v) is 1.62. The second kappa shape index (κ2) is 7.81. The fraction of sp³-hybridized carbons (Fsp3) is 0.692. The van der Waals surface area contributed by atoms with Crippen LogP contribution in [0.25, 0.3) is 0 Å². The average Bonchev–Trinajstić information content (AvgIpc) is 2.22. The van der Waals surface area contributed by atoms with Crippen molar-refractivity contribution in [3.05, 3.63) is 23.8 Å². The topological polar surface area (TPSA) is 26.0 Å². The molecule has 0 saturated heterocycles. The SMILES string of the molecule is CC.CCCC(C)C1=CCC(N)C=C1. The maximum absolute atomic E-state index is 5.74. The summed E-state index contributed by atoms with van der Waals surface area (Å²) >= 11 is 0. The van der Waals surface area contributed by atoms with Crippen molar-refractivity contribution in [2.24, 2.45) is 11.7 Å². The minimum atomic E-state index is 0.252.